The maximum absolute atomic E-state index is 2.82. The first kappa shape index (κ1) is 17.2. The smallest absolute Gasteiger partial charge is 0.0120 e. The van der Waals surface area contributed by atoms with Crippen molar-refractivity contribution in [3.8, 4) is 0 Å². The van der Waals surface area contributed by atoms with Crippen molar-refractivity contribution in [1.82, 2.24) is 14.7 Å². The van der Waals surface area contributed by atoms with E-state index in [-0.39, 0.29) is 0 Å². The van der Waals surface area contributed by atoms with E-state index >= 15 is 0 Å². The van der Waals surface area contributed by atoms with Crippen molar-refractivity contribution in [2.75, 3.05) is 53.4 Å². The molecule has 3 heteroatoms. The molecule has 3 nitrogen and oxygen atoms in total. The Morgan fingerprint density at radius 2 is 1.10 bits per heavy atom. The van der Waals surface area contributed by atoms with Crippen molar-refractivity contribution in [2.24, 2.45) is 5.41 Å². The lowest BCUT2D eigenvalue weighted by atomic mass is 9.71. The Kier molecular flexibility index (Phi) is 6.51. The van der Waals surface area contributed by atoms with Crippen molar-refractivity contribution in [3.05, 3.63) is 0 Å². The number of hydrogen-bond acceptors (Lipinski definition) is 3. The highest BCUT2D eigenvalue weighted by Crippen LogP contribution is 2.41. The molecular formula is C18H37N3. The SMILES string of the molecule is CC.CN1CCC(N2CCC3(CCN(C)CC3)CC2)CC1. The van der Waals surface area contributed by atoms with Gasteiger partial charge in [-0.2, -0.15) is 0 Å². The molecule has 0 aromatic heterocycles. The van der Waals surface area contributed by atoms with Crippen LogP contribution in [0.15, 0.2) is 0 Å². The van der Waals surface area contributed by atoms with Gasteiger partial charge in [0.25, 0.3) is 0 Å². The zero-order valence-electron chi connectivity index (χ0n) is 14.9. The minimum absolute atomic E-state index is 0.717. The van der Waals surface area contributed by atoms with E-state index in [1.165, 1.54) is 77.8 Å². The van der Waals surface area contributed by atoms with Crippen LogP contribution < -0.4 is 0 Å². The first-order valence-electron chi connectivity index (χ1n) is 9.28. The molecule has 0 bridgehead atoms. The van der Waals surface area contributed by atoms with Gasteiger partial charge in [0.15, 0.2) is 0 Å². The summed E-state index contributed by atoms with van der Waals surface area (Å²) in [5.41, 5.74) is 0.717. The minimum atomic E-state index is 0.717. The first-order chi connectivity index (χ1) is 10.2. The topological polar surface area (TPSA) is 9.72 Å². The van der Waals surface area contributed by atoms with Crippen LogP contribution in [0.4, 0.5) is 0 Å². The summed E-state index contributed by atoms with van der Waals surface area (Å²) < 4.78 is 0. The van der Waals surface area contributed by atoms with E-state index in [0.29, 0.717) is 5.41 Å². The summed E-state index contributed by atoms with van der Waals surface area (Å²) in [7, 11) is 4.54. The molecule has 0 unspecified atom stereocenters. The van der Waals surface area contributed by atoms with E-state index in [9.17, 15) is 0 Å². The van der Waals surface area contributed by atoms with Crippen molar-refractivity contribution >= 4 is 0 Å². The molecule has 0 aliphatic carbocycles. The van der Waals surface area contributed by atoms with E-state index in [1.54, 1.807) is 0 Å². The van der Waals surface area contributed by atoms with Crippen molar-refractivity contribution in [2.45, 2.75) is 58.4 Å². The Morgan fingerprint density at radius 3 is 1.62 bits per heavy atom. The van der Waals surface area contributed by atoms with Gasteiger partial charge in [-0.1, -0.05) is 13.8 Å². The Balaban J connectivity index is 0.000000774. The summed E-state index contributed by atoms with van der Waals surface area (Å²) in [5.74, 6) is 0. The number of hydrogen-bond donors (Lipinski definition) is 0. The maximum Gasteiger partial charge on any atom is 0.0120 e. The predicted octanol–water partition coefficient (Wildman–Crippen LogP) is 2.91. The molecule has 124 valence electrons. The molecule has 0 aromatic rings. The number of piperidine rings is 3. The van der Waals surface area contributed by atoms with Crippen LogP contribution in [-0.4, -0.2) is 74.1 Å². The molecule has 3 heterocycles. The summed E-state index contributed by atoms with van der Waals surface area (Å²) in [6.45, 7) is 12.0. The quantitative estimate of drug-likeness (QED) is 0.736. The van der Waals surface area contributed by atoms with Crippen LogP contribution in [0.1, 0.15) is 52.4 Å². The summed E-state index contributed by atoms with van der Waals surface area (Å²) in [4.78, 5) is 7.81. The van der Waals surface area contributed by atoms with Crippen LogP contribution in [0.25, 0.3) is 0 Å². The largest absolute Gasteiger partial charge is 0.306 e. The highest BCUT2D eigenvalue weighted by atomic mass is 15.2. The third-order valence-electron chi connectivity index (χ3n) is 6.11. The summed E-state index contributed by atoms with van der Waals surface area (Å²) in [5, 5.41) is 0. The standard InChI is InChI=1S/C16H31N3.C2H6/c1-17-9-3-15(4-10-17)19-13-7-16(8-14-19)5-11-18(2)12-6-16;1-2/h15H,3-14H2,1-2H3;1-2H3. The van der Waals surface area contributed by atoms with E-state index < -0.39 is 0 Å². The molecule has 1 spiro atoms. The highest BCUT2D eigenvalue weighted by Gasteiger charge is 2.38. The van der Waals surface area contributed by atoms with Gasteiger partial charge in [-0.25, -0.2) is 0 Å². The summed E-state index contributed by atoms with van der Waals surface area (Å²) in [6, 6.07) is 0.889. The fourth-order valence-electron chi connectivity index (χ4n) is 4.32. The summed E-state index contributed by atoms with van der Waals surface area (Å²) in [6.07, 6.45) is 8.62. The van der Waals surface area contributed by atoms with E-state index in [2.05, 4.69) is 28.8 Å². The average Bonchev–Trinajstić information content (AvgIpc) is 2.54. The Bertz CT molecular complexity index is 279. The molecule has 0 N–H and O–H groups in total. The lowest BCUT2D eigenvalue weighted by Gasteiger charge is -2.49. The second kappa shape index (κ2) is 7.94. The fraction of sp³-hybridized carbons (Fsp3) is 1.00. The van der Waals surface area contributed by atoms with Gasteiger partial charge in [0, 0.05) is 6.04 Å². The van der Waals surface area contributed by atoms with Crippen LogP contribution in [0.3, 0.4) is 0 Å². The second-order valence-corrected chi connectivity index (χ2v) is 7.37. The van der Waals surface area contributed by atoms with Gasteiger partial charge in [0.1, 0.15) is 0 Å². The highest BCUT2D eigenvalue weighted by molar-refractivity contribution is 4.92. The zero-order valence-corrected chi connectivity index (χ0v) is 14.9. The maximum atomic E-state index is 2.82. The minimum Gasteiger partial charge on any atom is -0.306 e. The van der Waals surface area contributed by atoms with Gasteiger partial charge in [-0.3, -0.25) is 0 Å². The molecule has 0 radical (unpaired) electrons. The normalized spacial score (nSPS) is 29.1. The molecule has 0 amide bonds. The van der Waals surface area contributed by atoms with Gasteiger partial charge < -0.3 is 14.7 Å². The Hall–Kier alpha value is -0.120. The van der Waals surface area contributed by atoms with Crippen molar-refractivity contribution < 1.29 is 0 Å². The molecule has 21 heavy (non-hydrogen) atoms. The van der Waals surface area contributed by atoms with E-state index in [4.69, 9.17) is 0 Å². The molecule has 3 fully saturated rings. The predicted molar refractivity (Wildman–Crippen MR) is 91.8 cm³/mol. The van der Waals surface area contributed by atoms with E-state index in [0.717, 1.165) is 6.04 Å². The molecule has 0 saturated carbocycles. The van der Waals surface area contributed by atoms with Crippen molar-refractivity contribution in [1.29, 1.82) is 0 Å². The third kappa shape index (κ3) is 4.43. The van der Waals surface area contributed by atoms with Crippen LogP contribution in [0.5, 0.6) is 0 Å². The lowest BCUT2D eigenvalue weighted by molar-refractivity contribution is 0.0135. The first-order valence-corrected chi connectivity index (χ1v) is 9.28. The fourth-order valence-corrected chi connectivity index (χ4v) is 4.32. The third-order valence-corrected chi connectivity index (χ3v) is 6.11. The molecular weight excluding hydrogens is 258 g/mol. The number of nitrogens with zero attached hydrogens (tertiary/aromatic N) is 3. The molecule has 3 saturated heterocycles. The van der Waals surface area contributed by atoms with Gasteiger partial charge in [-0.05, 0) is 97.3 Å². The van der Waals surface area contributed by atoms with Gasteiger partial charge >= 0.3 is 0 Å². The molecule has 3 rings (SSSR count). The van der Waals surface area contributed by atoms with Gasteiger partial charge in [0.05, 0.1) is 0 Å². The Labute approximate surface area is 132 Å². The number of likely N-dealkylation sites (tertiary alicyclic amines) is 3. The number of rotatable bonds is 1. The van der Waals surface area contributed by atoms with Crippen LogP contribution in [0, 0.1) is 5.41 Å². The lowest BCUT2D eigenvalue weighted by Crippen LogP contribution is -2.51. The molecule has 3 aliphatic rings. The van der Waals surface area contributed by atoms with Crippen LogP contribution >= 0.6 is 0 Å². The molecule has 0 aromatic carbocycles. The zero-order chi connectivity index (χ0) is 15.3. The monoisotopic (exact) mass is 295 g/mol. The molecule has 0 atom stereocenters. The van der Waals surface area contributed by atoms with Crippen molar-refractivity contribution in [3.63, 3.8) is 0 Å². The molecule has 3 aliphatic heterocycles. The van der Waals surface area contributed by atoms with Gasteiger partial charge in [0.2, 0.25) is 0 Å². The van der Waals surface area contributed by atoms with Crippen LogP contribution in [0.2, 0.25) is 0 Å². The van der Waals surface area contributed by atoms with E-state index in [1.807, 2.05) is 13.8 Å². The Morgan fingerprint density at radius 1 is 0.667 bits per heavy atom. The summed E-state index contributed by atoms with van der Waals surface area (Å²) >= 11 is 0. The second-order valence-electron chi connectivity index (χ2n) is 7.37. The van der Waals surface area contributed by atoms with Gasteiger partial charge in [-0.15, -0.1) is 0 Å². The average molecular weight is 296 g/mol. The van der Waals surface area contributed by atoms with Crippen LogP contribution in [-0.2, 0) is 0 Å².